The van der Waals surface area contributed by atoms with Gasteiger partial charge in [-0.1, -0.05) is 0 Å². The molecule has 2 aromatic rings. The molecule has 0 aromatic carbocycles. The molecule has 2 aromatic heterocycles. The molecular weight excluding hydrogens is 196 g/mol. The quantitative estimate of drug-likeness (QED) is 0.632. The predicted molar refractivity (Wildman–Crippen MR) is 38.5 cm³/mol. The van der Waals surface area contributed by atoms with Crippen molar-refractivity contribution in [3.63, 3.8) is 0 Å². The Kier molecular flexibility index (Phi) is 1.17. The van der Waals surface area contributed by atoms with E-state index in [0.717, 1.165) is 5.65 Å². The van der Waals surface area contributed by atoms with Crippen molar-refractivity contribution in [1.29, 1.82) is 0 Å². The van der Waals surface area contributed by atoms with Crippen LogP contribution in [0.5, 0.6) is 0 Å². The highest BCUT2D eigenvalue weighted by Gasteiger charge is 1.98. The van der Waals surface area contributed by atoms with E-state index in [0.29, 0.717) is 4.60 Å². The van der Waals surface area contributed by atoms with Crippen LogP contribution in [0, 0.1) is 0 Å². The third kappa shape index (κ3) is 0.706. The van der Waals surface area contributed by atoms with Crippen LogP contribution in [0.4, 0.5) is 0 Å². The third-order valence-corrected chi connectivity index (χ3v) is 1.73. The molecular formula is C5H3BrN4. The van der Waals surface area contributed by atoms with E-state index in [2.05, 4.69) is 31.1 Å². The summed E-state index contributed by atoms with van der Waals surface area (Å²) in [4.78, 5) is 3.97. The molecule has 0 bridgehead atoms. The number of hydrogen-bond acceptors (Lipinski definition) is 3. The van der Waals surface area contributed by atoms with Crippen molar-refractivity contribution in [1.82, 2.24) is 19.6 Å². The van der Waals surface area contributed by atoms with Gasteiger partial charge in [-0.2, -0.15) is 0 Å². The number of halogens is 1. The molecule has 10 heavy (non-hydrogen) atoms. The highest BCUT2D eigenvalue weighted by atomic mass is 79.9. The van der Waals surface area contributed by atoms with Gasteiger partial charge in [-0.15, -0.1) is 10.2 Å². The number of aromatic nitrogens is 4. The van der Waals surface area contributed by atoms with E-state index >= 15 is 0 Å². The Labute approximate surface area is 65.0 Å². The van der Waals surface area contributed by atoms with E-state index < -0.39 is 0 Å². The highest BCUT2D eigenvalue weighted by Crippen LogP contribution is 2.09. The maximum atomic E-state index is 3.97. The molecule has 0 atom stereocenters. The summed E-state index contributed by atoms with van der Waals surface area (Å²) in [5.74, 6) is 0. The van der Waals surface area contributed by atoms with E-state index in [1.165, 1.54) is 0 Å². The van der Waals surface area contributed by atoms with E-state index in [4.69, 9.17) is 0 Å². The third-order valence-electron chi connectivity index (χ3n) is 1.17. The van der Waals surface area contributed by atoms with Crippen LogP contribution in [0.1, 0.15) is 0 Å². The minimum absolute atomic E-state index is 0.715. The summed E-state index contributed by atoms with van der Waals surface area (Å²) in [5.41, 5.74) is 0.738. The molecule has 0 spiro atoms. The summed E-state index contributed by atoms with van der Waals surface area (Å²) in [6, 6.07) is 0. The summed E-state index contributed by atoms with van der Waals surface area (Å²) in [5, 5.41) is 7.53. The Morgan fingerprint density at radius 3 is 3.20 bits per heavy atom. The molecule has 2 heterocycles. The van der Waals surface area contributed by atoms with Gasteiger partial charge < -0.3 is 0 Å². The van der Waals surface area contributed by atoms with Crippen molar-refractivity contribution >= 4 is 21.6 Å². The van der Waals surface area contributed by atoms with Crippen LogP contribution in [0.15, 0.2) is 23.3 Å². The number of nitrogens with zero attached hydrogens (tertiary/aromatic N) is 4. The fourth-order valence-corrected chi connectivity index (χ4v) is 1.13. The molecule has 0 amide bonds. The minimum atomic E-state index is 0.715. The second-order valence-corrected chi connectivity index (χ2v) is 2.53. The van der Waals surface area contributed by atoms with Crippen LogP contribution in [0.25, 0.3) is 5.65 Å². The zero-order chi connectivity index (χ0) is 6.97. The van der Waals surface area contributed by atoms with E-state index in [1.54, 1.807) is 23.1 Å². The number of hydrogen-bond donors (Lipinski definition) is 0. The fourth-order valence-electron chi connectivity index (χ4n) is 0.728. The lowest BCUT2D eigenvalue weighted by molar-refractivity contribution is 1.10. The smallest absolute Gasteiger partial charge is 0.193 e. The zero-order valence-corrected chi connectivity index (χ0v) is 6.48. The Bertz CT molecular complexity index is 355. The standard InChI is InChI=1S/C5H3BrN4/c6-4-5-9-8-3-10(5)2-1-7-4/h1-3H. The molecule has 0 aliphatic carbocycles. The molecule has 0 saturated carbocycles. The van der Waals surface area contributed by atoms with Crippen molar-refractivity contribution < 1.29 is 0 Å². The van der Waals surface area contributed by atoms with Crippen LogP contribution in [-0.4, -0.2) is 19.6 Å². The molecule has 0 saturated heterocycles. The van der Waals surface area contributed by atoms with Gasteiger partial charge >= 0.3 is 0 Å². The number of fused-ring (bicyclic) bond motifs is 1. The topological polar surface area (TPSA) is 43.1 Å². The van der Waals surface area contributed by atoms with Crippen molar-refractivity contribution in [2.45, 2.75) is 0 Å². The maximum absolute atomic E-state index is 3.97. The van der Waals surface area contributed by atoms with Crippen molar-refractivity contribution in [3.8, 4) is 0 Å². The van der Waals surface area contributed by atoms with Crippen molar-refractivity contribution in [3.05, 3.63) is 23.3 Å². The lowest BCUT2D eigenvalue weighted by atomic mass is 10.7. The van der Waals surface area contributed by atoms with E-state index in [-0.39, 0.29) is 0 Å². The van der Waals surface area contributed by atoms with Gasteiger partial charge in [0.2, 0.25) is 0 Å². The fraction of sp³-hybridized carbons (Fsp3) is 0. The highest BCUT2D eigenvalue weighted by molar-refractivity contribution is 9.10. The Balaban J connectivity index is 2.95. The lowest BCUT2D eigenvalue weighted by Crippen LogP contribution is -1.85. The average molecular weight is 199 g/mol. The minimum Gasteiger partial charge on any atom is -0.285 e. The second-order valence-electron chi connectivity index (χ2n) is 1.78. The average Bonchev–Trinajstić information content (AvgIpc) is 2.36. The van der Waals surface area contributed by atoms with Crippen LogP contribution < -0.4 is 0 Å². The Morgan fingerprint density at radius 1 is 1.50 bits per heavy atom. The number of rotatable bonds is 0. The largest absolute Gasteiger partial charge is 0.285 e. The van der Waals surface area contributed by atoms with Crippen LogP contribution in [0.3, 0.4) is 0 Å². The van der Waals surface area contributed by atoms with Gasteiger partial charge in [0.15, 0.2) is 10.3 Å². The van der Waals surface area contributed by atoms with Gasteiger partial charge in [0.1, 0.15) is 6.33 Å². The van der Waals surface area contributed by atoms with Gasteiger partial charge in [-0.25, -0.2) is 4.98 Å². The summed E-state index contributed by atoms with van der Waals surface area (Å²) >= 11 is 3.24. The molecule has 4 nitrogen and oxygen atoms in total. The Hall–Kier alpha value is -0.970. The van der Waals surface area contributed by atoms with Crippen molar-refractivity contribution in [2.75, 3.05) is 0 Å². The second kappa shape index (κ2) is 2.02. The van der Waals surface area contributed by atoms with Crippen molar-refractivity contribution in [2.24, 2.45) is 0 Å². The van der Waals surface area contributed by atoms with E-state index in [9.17, 15) is 0 Å². The zero-order valence-electron chi connectivity index (χ0n) is 4.90. The first-order chi connectivity index (χ1) is 4.88. The first-order valence-corrected chi connectivity index (χ1v) is 3.47. The molecule has 5 heteroatoms. The summed E-state index contributed by atoms with van der Waals surface area (Å²) in [6.07, 6.45) is 5.10. The lowest BCUT2D eigenvalue weighted by Gasteiger charge is -1.89. The Morgan fingerprint density at radius 2 is 2.40 bits per heavy atom. The monoisotopic (exact) mass is 198 g/mol. The molecule has 0 radical (unpaired) electrons. The molecule has 50 valence electrons. The van der Waals surface area contributed by atoms with Gasteiger partial charge in [-0.05, 0) is 15.9 Å². The molecule has 0 fully saturated rings. The first-order valence-electron chi connectivity index (χ1n) is 2.68. The van der Waals surface area contributed by atoms with E-state index in [1.807, 2.05) is 0 Å². The SMILES string of the molecule is Brc1nccn2cnnc12. The molecule has 0 aliphatic heterocycles. The molecule has 0 N–H and O–H groups in total. The predicted octanol–water partition coefficient (Wildman–Crippen LogP) is 0.887. The molecule has 0 aliphatic rings. The maximum Gasteiger partial charge on any atom is 0.193 e. The summed E-state index contributed by atoms with van der Waals surface area (Å²) < 4.78 is 2.50. The summed E-state index contributed by atoms with van der Waals surface area (Å²) in [7, 11) is 0. The normalized spacial score (nSPS) is 10.5. The van der Waals surface area contributed by atoms with Crippen LogP contribution >= 0.6 is 15.9 Å². The van der Waals surface area contributed by atoms with Gasteiger partial charge in [0.25, 0.3) is 0 Å². The molecule has 2 rings (SSSR count). The first kappa shape index (κ1) is 5.79. The van der Waals surface area contributed by atoms with Gasteiger partial charge in [0, 0.05) is 12.4 Å². The van der Waals surface area contributed by atoms with Gasteiger partial charge in [-0.3, -0.25) is 4.40 Å². The van der Waals surface area contributed by atoms with Crippen LogP contribution in [0.2, 0.25) is 0 Å². The van der Waals surface area contributed by atoms with Gasteiger partial charge in [0.05, 0.1) is 0 Å². The molecule has 0 unspecified atom stereocenters. The summed E-state index contributed by atoms with van der Waals surface area (Å²) in [6.45, 7) is 0. The van der Waals surface area contributed by atoms with Crippen LogP contribution in [-0.2, 0) is 0 Å².